The average molecular weight is 1170 g/mol. The van der Waals surface area contributed by atoms with Crippen molar-refractivity contribution in [2.45, 2.75) is 431 Å². The third-order valence-corrected chi connectivity index (χ3v) is 17.7. The molecule has 490 valence electrons. The van der Waals surface area contributed by atoms with E-state index in [1.165, 1.54) is 334 Å². The molecule has 6 nitrogen and oxygen atoms in total. The highest BCUT2D eigenvalue weighted by Gasteiger charge is 2.20. The van der Waals surface area contributed by atoms with E-state index in [4.69, 9.17) is 4.74 Å². The normalized spacial score (nSPS) is 12.7. The fourth-order valence-corrected chi connectivity index (χ4v) is 11.9. The van der Waals surface area contributed by atoms with Gasteiger partial charge in [-0.1, -0.05) is 365 Å². The summed E-state index contributed by atoms with van der Waals surface area (Å²) in [7, 11) is 0. The molecular formula is C77H147NO5. The Balaban J connectivity index is 3.38. The van der Waals surface area contributed by atoms with Gasteiger partial charge < -0.3 is 20.3 Å². The van der Waals surface area contributed by atoms with Gasteiger partial charge in [0.1, 0.15) is 0 Å². The molecule has 0 fully saturated rings. The van der Waals surface area contributed by atoms with Crippen LogP contribution in [0.1, 0.15) is 418 Å². The van der Waals surface area contributed by atoms with Crippen molar-refractivity contribution in [2.75, 3.05) is 13.2 Å². The summed E-state index contributed by atoms with van der Waals surface area (Å²) in [4.78, 5) is 24.6. The van der Waals surface area contributed by atoms with E-state index >= 15 is 0 Å². The first-order valence-corrected chi connectivity index (χ1v) is 37.7. The molecule has 0 aromatic heterocycles. The third-order valence-electron chi connectivity index (χ3n) is 17.7. The predicted octanol–water partition coefficient (Wildman–Crippen LogP) is 24.7. The van der Waals surface area contributed by atoms with Gasteiger partial charge in [0.05, 0.1) is 25.4 Å². The molecule has 6 heteroatoms. The van der Waals surface area contributed by atoms with Crippen LogP contribution in [0.5, 0.6) is 0 Å². The van der Waals surface area contributed by atoms with Crippen molar-refractivity contribution in [1.82, 2.24) is 5.32 Å². The zero-order valence-corrected chi connectivity index (χ0v) is 56.2. The molecule has 2 atom stereocenters. The Bertz CT molecular complexity index is 1340. The molecule has 1 amide bonds. The van der Waals surface area contributed by atoms with E-state index in [0.717, 1.165) is 51.4 Å². The van der Waals surface area contributed by atoms with Crippen LogP contribution in [0.2, 0.25) is 0 Å². The summed E-state index contributed by atoms with van der Waals surface area (Å²) in [6.07, 6.45) is 93.6. The number of aliphatic hydroxyl groups excluding tert-OH is 2. The lowest BCUT2D eigenvalue weighted by Gasteiger charge is -2.22. The second kappa shape index (κ2) is 72.6. The van der Waals surface area contributed by atoms with Crippen LogP contribution in [0, 0.1) is 0 Å². The molecule has 0 heterocycles. The maximum Gasteiger partial charge on any atom is 0.305 e. The van der Waals surface area contributed by atoms with E-state index in [0.29, 0.717) is 25.9 Å². The summed E-state index contributed by atoms with van der Waals surface area (Å²) in [5.74, 6) is -0.0269. The first-order chi connectivity index (χ1) is 41.0. The van der Waals surface area contributed by atoms with Crippen molar-refractivity contribution in [1.29, 1.82) is 0 Å². The summed E-state index contributed by atoms with van der Waals surface area (Å²) in [5, 5.41) is 23.5. The first kappa shape index (κ1) is 81.1. The summed E-state index contributed by atoms with van der Waals surface area (Å²) in [6, 6.07) is -0.542. The smallest absolute Gasteiger partial charge is 0.305 e. The lowest BCUT2D eigenvalue weighted by atomic mass is 10.0. The number of esters is 1. The zero-order chi connectivity index (χ0) is 59.9. The molecule has 3 N–H and O–H groups in total. The average Bonchev–Trinajstić information content (AvgIpc) is 3.49. The monoisotopic (exact) mass is 1170 g/mol. The summed E-state index contributed by atoms with van der Waals surface area (Å²) in [6.45, 7) is 4.95. The maximum absolute atomic E-state index is 12.6. The highest BCUT2D eigenvalue weighted by molar-refractivity contribution is 5.76. The van der Waals surface area contributed by atoms with Crippen molar-refractivity contribution in [3.8, 4) is 0 Å². The molecule has 0 spiro atoms. The molecule has 2 unspecified atom stereocenters. The molecule has 83 heavy (non-hydrogen) atoms. The molecule has 0 aliphatic heterocycles. The van der Waals surface area contributed by atoms with E-state index in [1.807, 2.05) is 0 Å². The van der Waals surface area contributed by atoms with Crippen LogP contribution in [0.15, 0.2) is 36.5 Å². The number of nitrogens with one attached hydrogen (secondary N) is 1. The Morgan fingerprint density at radius 1 is 0.337 bits per heavy atom. The number of carbonyl (C=O) groups is 2. The van der Waals surface area contributed by atoms with Gasteiger partial charge in [0, 0.05) is 12.8 Å². The molecule has 0 radical (unpaired) electrons. The minimum absolute atomic E-state index is 0.00244. The van der Waals surface area contributed by atoms with Gasteiger partial charge in [-0.25, -0.2) is 0 Å². The minimum Gasteiger partial charge on any atom is -0.466 e. The Morgan fingerprint density at radius 3 is 0.964 bits per heavy atom. The highest BCUT2D eigenvalue weighted by atomic mass is 16.5. The van der Waals surface area contributed by atoms with E-state index in [-0.39, 0.29) is 18.5 Å². The molecule has 0 aliphatic rings. The molecule has 0 rings (SSSR count). The fraction of sp³-hybridized carbons (Fsp3) is 0.896. The van der Waals surface area contributed by atoms with Crippen LogP contribution < -0.4 is 5.32 Å². The standard InChI is InChI=1S/C77H147NO5/c1-3-5-7-9-11-13-15-17-19-20-21-22-30-33-36-39-42-45-49-53-57-61-65-69-75(80)74(73-79)78-76(81)70-66-62-58-54-50-46-43-40-37-34-31-28-26-24-23-25-27-29-32-35-38-41-44-48-52-56-60-64-68-72-83-77(82)71-67-63-59-55-51-47-18-16-14-12-10-8-6-4-2/h10,12,16,18,23,25,74-75,79-80H,3-9,11,13-15,17,19-22,24,26-73H2,1-2H3,(H,78,81)/b12-10-,18-16-,25-23-. The van der Waals surface area contributed by atoms with Gasteiger partial charge in [-0.15, -0.1) is 0 Å². The second-order valence-electron chi connectivity index (χ2n) is 26.0. The van der Waals surface area contributed by atoms with Crippen molar-refractivity contribution in [3.63, 3.8) is 0 Å². The van der Waals surface area contributed by atoms with Crippen LogP contribution in [0.3, 0.4) is 0 Å². The van der Waals surface area contributed by atoms with Crippen LogP contribution in [-0.4, -0.2) is 47.4 Å². The number of ether oxygens (including phenoxy) is 1. The Kier molecular flexibility index (Phi) is 70.9. The SMILES string of the molecule is CCCC/C=C\C/C=C\CCCCCCCC(=O)OCCCCCCCCCCCCCC/C=C\CCCCCCCCCCCCCCCC(=O)NC(CO)C(O)CCCCCCCCCCCCCCCCCCCCCCCCC. The third kappa shape index (κ3) is 69.1. The van der Waals surface area contributed by atoms with Gasteiger partial charge in [-0.05, 0) is 77.0 Å². The maximum atomic E-state index is 12.6. The topological polar surface area (TPSA) is 95.9 Å². The molecule has 0 aliphatic carbocycles. The molecule has 0 aromatic carbocycles. The summed E-state index contributed by atoms with van der Waals surface area (Å²) < 4.78 is 5.48. The van der Waals surface area contributed by atoms with Gasteiger partial charge in [0.15, 0.2) is 0 Å². The number of allylic oxidation sites excluding steroid dienone is 6. The molecule has 0 saturated heterocycles. The molecular weight excluding hydrogens is 1020 g/mol. The van der Waals surface area contributed by atoms with Crippen LogP contribution in [0.4, 0.5) is 0 Å². The number of carbonyl (C=O) groups excluding carboxylic acids is 2. The van der Waals surface area contributed by atoms with Crippen LogP contribution in [-0.2, 0) is 14.3 Å². The number of hydrogen-bond acceptors (Lipinski definition) is 5. The van der Waals surface area contributed by atoms with Crippen molar-refractivity contribution >= 4 is 11.9 Å². The number of amides is 1. The molecule has 0 aromatic rings. The highest BCUT2D eigenvalue weighted by Crippen LogP contribution is 2.19. The zero-order valence-electron chi connectivity index (χ0n) is 56.2. The van der Waals surface area contributed by atoms with Crippen molar-refractivity contribution in [2.24, 2.45) is 0 Å². The largest absolute Gasteiger partial charge is 0.466 e. The minimum atomic E-state index is -0.665. The quantitative estimate of drug-likeness (QED) is 0.0320. The predicted molar refractivity (Wildman–Crippen MR) is 366 cm³/mol. The number of aliphatic hydroxyl groups is 2. The summed E-state index contributed by atoms with van der Waals surface area (Å²) >= 11 is 0. The van der Waals surface area contributed by atoms with Crippen LogP contribution >= 0.6 is 0 Å². The van der Waals surface area contributed by atoms with Gasteiger partial charge in [-0.3, -0.25) is 9.59 Å². The Labute approximate surface area is 519 Å². The lowest BCUT2D eigenvalue weighted by molar-refractivity contribution is -0.143. The number of rotatable bonds is 71. The lowest BCUT2D eigenvalue weighted by Crippen LogP contribution is -2.45. The van der Waals surface area contributed by atoms with E-state index in [1.54, 1.807) is 0 Å². The van der Waals surface area contributed by atoms with Crippen molar-refractivity contribution in [3.05, 3.63) is 36.5 Å². The Morgan fingerprint density at radius 2 is 0.614 bits per heavy atom. The van der Waals surface area contributed by atoms with E-state index in [9.17, 15) is 19.8 Å². The van der Waals surface area contributed by atoms with Crippen LogP contribution in [0.25, 0.3) is 0 Å². The molecule has 0 bridgehead atoms. The van der Waals surface area contributed by atoms with Gasteiger partial charge in [0.25, 0.3) is 0 Å². The second-order valence-corrected chi connectivity index (χ2v) is 26.0. The van der Waals surface area contributed by atoms with Gasteiger partial charge >= 0.3 is 5.97 Å². The Hall–Kier alpha value is -1.92. The summed E-state index contributed by atoms with van der Waals surface area (Å²) in [5.41, 5.74) is 0. The van der Waals surface area contributed by atoms with Crippen molar-refractivity contribution < 1.29 is 24.5 Å². The van der Waals surface area contributed by atoms with E-state index < -0.39 is 12.1 Å². The van der Waals surface area contributed by atoms with Gasteiger partial charge in [-0.2, -0.15) is 0 Å². The first-order valence-electron chi connectivity index (χ1n) is 37.7. The van der Waals surface area contributed by atoms with Gasteiger partial charge in [0.2, 0.25) is 5.91 Å². The number of hydrogen-bond donors (Lipinski definition) is 3. The number of unbranched alkanes of at least 4 members (excludes halogenated alkanes) is 54. The van der Waals surface area contributed by atoms with E-state index in [2.05, 4.69) is 55.6 Å². The molecule has 0 saturated carbocycles. The fourth-order valence-electron chi connectivity index (χ4n) is 11.9.